The van der Waals surface area contributed by atoms with Crippen LogP contribution < -0.4 is 0 Å². The number of phosphoric acid groups is 1. The molecule has 0 unspecified atom stereocenters. The van der Waals surface area contributed by atoms with Gasteiger partial charge in [-0.25, -0.2) is 4.57 Å². The van der Waals surface area contributed by atoms with E-state index in [4.69, 9.17) is 23.7 Å². The maximum atomic E-state index is 8.88. The van der Waals surface area contributed by atoms with Crippen LogP contribution in [0.5, 0.6) is 0 Å². The second-order valence-corrected chi connectivity index (χ2v) is 4.74. The van der Waals surface area contributed by atoms with Crippen LogP contribution in [0.25, 0.3) is 0 Å². The molecule has 1 rings (SSSR count). The smallest absolute Gasteiger partial charge is 0.424 e. The lowest BCUT2D eigenvalue weighted by atomic mass is 10.4. The topological polar surface area (TPSA) is 87.0 Å². The Bertz CT molecular complexity index is 111. The molecule has 3 N–H and O–H groups in total. The van der Waals surface area contributed by atoms with E-state index in [9.17, 15) is 0 Å². The van der Waals surface area contributed by atoms with Gasteiger partial charge in [0.15, 0.2) is 9.76 Å². The summed E-state index contributed by atoms with van der Waals surface area (Å²) < 4.78 is 14.1. The second-order valence-electron chi connectivity index (χ2n) is 2.19. The maximum Gasteiger partial charge on any atom is 0.466 e. The third-order valence-corrected chi connectivity index (χ3v) is 2.44. The molecule has 11 heavy (non-hydrogen) atoms. The van der Waals surface area contributed by atoms with Crippen molar-refractivity contribution in [1.82, 2.24) is 0 Å². The highest BCUT2D eigenvalue weighted by molar-refractivity contribution is 7.45. The summed E-state index contributed by atoms with van der Waals surface area (Å²) in [6.07, 6.45) is 2.75. The summed E-state index contributed by atoms with van der Waals surface area (Å²) in [5.74, 6) is 0. The molecule has 1 aliphatic heterocycles. The molecule has 0 spiro atoms. The van der Waals surface area contributed by atoms with Crippen LogP contribution in [0.1, 0.15) is 12.8 Å². The minimum atomic E-state index is -4.64. The van der Waals surface area contributed by atoms with Crippen molar-refractivity contribution in [2.24, 2.45) is 0 Å². The molecule has 0 aromatic rings. The van der Waals surface area contributed by atoms with Gasteiger partial charge in [0.2, 0.25) is 0 Å². The van der Waals surface area contributed by atoms with E-state index >= 15 is 0 Å². The molecule has 0 amide bonds. The Morgan fingerprint density at radius 3 is 1.91 bits per heavy atom. The Hall–Kier alpha value is 0.287. The van der Waals surface area contributed by atoms with Gasteiger partial charge in [-0.15, -0.1) is 0 Å². The molecule has 1 aliphatic rings. The summed E-state index contributed by atoms with van der Waals surface area (Å²) in [6.45, 7) is 1.06. The summed E-state index contributed by atoms with van der Waals surface area (Å²) in [5, 5.41) is 0. The van der Waals surface area contributed by atoms with Crippen molar-refractivity contribution >= 4 is 17.6 Å². The fourth-order valence-electron chi connectivity index (χ4n) is 0.687. The fourth-order valence-corrected chi connectivity index (χ4v) is 1.86. The SMILES string of the molecule is C1CC[SiH2]OC1.O=P(O)(O)O. The van der Waals surface area contributed by atoms with E-state index in [1.165, 1.54) is 18.9 Å². The van der Waals surface area contributed by atoms with E-state index in [2.05, 4.69) is 0 Å². The molecule has 0 aromatic carbocycles. The van der Waals surface area contributed by atoms with Gasteiger partial charge in [0, 0.05) is 6.61 Å². The van der Waals surface area contributed by atoms with Crippen molar-refractivity contribution < 1.29 is 23.7 Å². The van der Waals surface area contributed by atoms with Crippen molar-refractivity contribution in [1.29, 1.82) is 0 Å². The van der Waals surface area contributed by atoms with Crippen LogP contribution in [-0.4, -0.2) is 31.1 Å². The Balaban J connectivity index is 0.000000187. The molecule has 0 saturated carbocycles. The van der Waals surface area contributed by atoms with Crippen LogP contribution in [0.2, 0.25) is 6.04 Å². The van der Waals surface area contributed by atoms with Gasteiger partial charge in [-0.3, -0.25) is 0 Å². The predicted octanol–water partition coefficient (Wildman–Crippen LogP) is -0.630. The predicted molar refractivity (Wildman–Crippen MR) is 42.8 cm³/mol. The fraction of sp³-hybridized carbons (Fsp3) is 1.00. The zero-order chi connectivity index (χ0) is 8.74. The van der Waals surface area contributed by atoms with Gasteiger partial charge >= 0.3 is 7.82 Å². The standard InChI is InChI=1S/C4H10OSi.H3O4P/c1-2-4-6-5-3-1;1-5(2,3)4/h1-4,6H2;(H3,1,2,3,4). The second kappa shape index (κ2) is 5.88. The molecule has 0 aliphatic carbocycles. The highest BCUT2D eigenvalue weighted by Gasteiger charge is 2.00. The lowest BCUT2D eigenvalue weighted by Crippen LogP contribution is -2.06. The Morgan fingerprint density at radius 1 is 1.27 bits per heavy atom. The van der Waals surface area contributed by atoms with E-state index in [1.807, 2.05) is 0 Å². The molecule has 5 nitrogen and oxygen atoms in total. The Kier molecular flexibility index (Phi) is 6.03. The Morgan fingerprint density at radius 2 is 1.82 bits per heavy atom. The summed E-state index contributed by atoms with van der Waals surface area (Å²) >= 11 is 0. The molecule has 1 fully saturated rings. The normalized spacial score (nSPS) is 20.6. The molecule has 1 heterocycles. The average Bonchev–Trinajstić information content (AvgIpc) is 1.88. The van der Waals surface area contributed by atoms with Gasteiger partial charge in [-0.1, -0.05) is 6.42 Å². The van der Waals surface area contributed by atoms with E-state index in [0.29, 0.717) is 0 Å². The minimum Gasteiger partial charge on any atom is -0.424 e. The van der Waals surface area contributed by atoms with Gasteiger partial charge in [-0.05, 0) is 12.5 Å². The van der Waals surface area contributed by atoms with Crippen molar-refractivity contribution in [2.45, 2.75) is 18.9 Å². The van der Waals surface area contributed by atoms with Gasteiger partial charge in [-0.2, -0.15) is 0 Å². The summed E-state index contributed by atoms with van der Waals surface area (Å²) in [6, 6.07) is 1.42. The molecular formula is C4H13O5PSi. The van der Waals surface area contributed by atoms with Crippen LogP contribution >= 0.6 is 7.82 Å². The lowest BCUT2D eigenvalue weighted by Gasteiger charge is -2.07. The highest BCUT2D eigenvalue weighted by Crippen LogP contribution is 2.25. The Labute approximate surface area is 67.6 Å². The molecule has 1 saturated heterocycles. The first-order chi connectivity index (χ1) is 5.00. The highest BCUT2D eigenvalue weighted by atomic mass is 31.2. The average molecular weight is 200 g/mol. The summed E-state index contributed by atoms with van der Waals surface area (Å²) in [7, 11) is -4.63. The number of rotatable bonds is 0. The first-order valence-corrected chi connectivity index (χ1v) is 6.50. The first kappa shape index (κ1) is 11.3. The summed E-state index contributed by atoms with van der Waals surface area (Å²) in [4.78, 5) is 21.6. The minimum absolute atomic E-state index is 0.00849. The molecule has 0 radical (unpaired) electrons. The molecule has 68 valence electrons. The quantitative estimate of drug-likeness (QED) is 0.358. The maximum absolute atomic E-state index is 8.88. The van der Waals surface area contributed by atoms with E-state index in [-0.39, 0.29) is 9.76 Å². The third kappa shape index (κ3) is 17.9. The van der Waals surface area contributed by atoms with E-state index in [0.717, 1.165) is 6.61 Å². The van der Waals surface area contributed by atoms with Gasteiger partial charge in [0.25, 0.3) is 0 Å². The zero-order valence-electron chi connectivity index (χ0n) is 6.14. The van der Waals surface area contributed by atoms with E-state index in [1.54, 1.807) is 0 Å². The van der Waals surface area contributed by atoms with Gasteiger partial charge < -0.3 is 19.1 Å². The third-order valence-electron chi connectivity index (χ3n) is 1.08. The van der Waals surface area contributed by atoms with Crippen LogP contribution in [0.4, 0.5) is 0 Å². The molecule has 7 heteroatoms. The lowest BCUT2D eigenvalue weighted by molar-refractivity contribution is 0.275. The monoisotopic (exact) mass is 200 g/mol. The zero-order valence-corrected chi connectivity index (χ0v) is 8.45. The van der Waals surface area contributed by atoms with Crippen LogP contribution in [0.15, 0.2) is 0 Å². The van der Waals surface area contributed by atoms with E-state index < -0.39 is 7.82 Å². The number of hydrogen-bond acceptors (Lipinski definition) is 2. The molecule has 0 atom stereocenters. The van der Waals surface area contributed by atoms with Crippen molar-refractivity contribution in [3.8, 4) is 0 Å². The summed E-state index contributed by atoms with van der Waals surface area (Å²) in [5.41, 5.74) is 0. The van der Waals surface area contributed by atoms with Crippen LogP contribution in [0, 0.1) is 0 Å². The first-order valence-electron chi connectivity index (χ1n) is 3.36. The van der Waals surface area contributed by atoms with Crippen LogP contribution in [0.3, 0.4) is 0 Å². The van der Waals surface area contributed by atoms with Crippen LogP contribution in [-0.2, 0) is 8.99 Å². The van der Waals surface area contributed by atoms with Crippen molar-refractivity contribution in [2.75, 3.05) is 6.61 Å². The largest absolute Gasteiger partial charge is 0.466 e. The molecule has 0 aromatic heterocycles. The van der Waals surface area contributed by atoms with Crippen molar-refractivity contribution in [3.05, 3.63) is 0 Å². The molecular weight excluding hydrogens is 187 g/mol. The number of hydrogen-bond donors (Lipinski definition) is 3. The van der Waals surface area contributed by atoms with Gasteiger partial charge in [0.1, 0.15) is 0 Å². The molecule has 0 bridgehead atoms. The van der Waals surface area contributed by atoms with Gasteiger partial charge in [0.05, 0.1) is 0 Å². The van der Waals surface area contributed by atoms with Crippen molar-refractivity contribution in [3.63, 3.8) is 0 Å².